The fourth-order valence-corrected chi connectivity index (χ4v) is 2.61. The van der Waals surface area contributed by atoms with E-state index >= 15 is 0 Å². The molecule has 1 aromatic carbocycles. The van der Waals surface area contributed by atoms with E-state index in [-0.39, 0.29) is 23.7 Å². The fraction of sp³-hybridized carbons (Fsp3) is 0.533. The zero-order valence-corrected chi connectivity index (χ0v) is 11.5. The number of phenolic OH excluding ortho intramolecular Hbond substituents is 1. The Morgan fingerprint density at radius 2 is 2.21 bits per heavy atom. The lowest BCUT2D eigenvalue weighted by Gasteiger charge is -2.36. The average molecular weight is 263 g/mol. The van der Waals surface area contributed by atoms with E-state index in [1.807, 2.05) is 6.92 Å². The molecule has 1 fully saturated rings. The summed E-state index contributed by atoms with van der Waals surface area (Å²) < 4.78 is 0. The van der Waals surface area contributed by atoms with Crippen LogP contribution in [0, 0.1) is 12.8 Å². The number of phenols is 1. The van der Waals surface area contributed by atoms with Crippen molar-refractivity contribution in [2.75, 3.05) is 13.1 Å². The van der Waals surface area contributed by atoms with Crippen molar-refractivity contribution in [1.29, 1.82) is 0 Å². The second kappa shape index (κ2) is 5.61. The average Bonchev–Trinajstić information content (AvgIpc) is 2.41. The molecule has 1 saturated heterocycles. The van der Waals surface area contributed by atoms with Crippen LogP contribution in [0.15, 0.2) is 18.2 Å². The van der Waals surface area contributed by atoms with Gasteiger partial charge < -0.3 is 15.1 Å². The minimum Gasteiger partial charge on any atom is -0.507 e. The van der Waals surface area contributed by atoms with E-state index in [9.17, 15) is 15.0 Å². The molecule has 1 heterocycles. The van der Waals surface area contributed by atoms with E-state index in [0.717, 1.165) is 6.42 Å². The first-order valence-corrected chi connectivity index (χ1v) is 6.80. The van der Waals surface area contributed by atoms with E-state index < -0.39 is 0 Å². The van der Waals surface area contributed by atoms with Crippen LogP contribution in [-0.4, -0.2) is 40.2 Å². The molecule has 1 aliphatic heterocycles. The number of amides is 1. The molecule has 0 aliphatic carbocycles. The van der Waals surface area contributed by atoms with Crippen molar-refractivity contribution in [3.63, 3.8) is 0 Å². The number of carbonyl (C=O) groups is 1. The van der Waals surface area contributed by atoms with Gasteiger partial charge in [0.1, 0.15) is 5.75 Å². The van der Waals surface area contributed by atoms with Crippen LogP contribution in [0.5, 0.6) is 5.75 Å². The summed E-state index contributed by atoms with van der Waals surface area (Å²) in [5.74, 6) is 0.0443. The number of para-hydroxylation sites is 1. The van der Waals surface area contributed by atoms with E-state index in [2.05, 4.69) is 0 Å². The molecule has 0 bridgehead atoms. The third-order valence-electron chi connectivity index (χ3n) is 3.97. The number of benzene rings is 1. The normalized spacial score (nSPS) is 23.4. The lowest BCUT2D eigenvalue weighted by Crippen LogP contribution is -2.45. The van der Waals surface area contributed by atoms with Gasteiger partial charge in [-0.1, -0.05) is 19.1 Å². The first-order valence-electron chi connectivity index (χ1n) is 6.80. The topological polar surface area (TPSA) is 60.8 Å². The summed E-state index contributed by atoms with van der Waals surface area (Å²) >= 11 is 0. The number of aliphatic hydroxyl groups is 1. The second-order valence-electron chi connectivity index (χ2n) is 5.25. The molecule has 0 radical (unpaired) electrons. The summed E-state index contributed by atoms with van der Waals surface area (Å²) in [6, 6.07) is 5.20. The van der Waals surface area contributed by atoms with Crippen LogP contribution in [0.2, 0.25) is 0 Å². The summed E-state index contributed by atoms with van der Waals surface area (Å²) in [7, 11) is 0. The molecule has 0 spiro atoms. The van der Waals surface area contributed by atoms with Gasteiger partial charge in [-0.15, -0.1) is 0 Å². The molecule has 1 aliphatic rings. The molecule has 2 rings (SSSR count). The van der Waals surface area contributed by atoms with Crippen molar-refractivity contribution in [2.45, 2.75) is 32.8 Å². The first kappa shape index (κ1) is 13.9. The first-order chi connectivity index (χ1) is 9.04. The molecule has 1 amide bonds. The highest BCUT2D eigenvalue weighted by Crippen LogP contribution is 2.26. The number of carbonyl (C=O) groups excluding carboxylic acids is 1. The van der Waals surface area contributed by atoms with Gasteiger partial charge in [-0.05, 0) is 31.4 Å². The molecule has 2 N–H and O–H groups in total. The molecule has 1 aromatic rings. The summed E-state index contributed by atoms with van der Waals surface area (Å²) in [6.07, 6.45) is 1.14. The maximum atomic E-state index is 12.4. The molecule has 2 unspecified atom stereocenters. The highest BCUT2D eigenvalue weighted by molar-refractivity contribution is 5.97. The van der Waals surface area contributed by atoms with E-state index in [1.165, 1.54) is 0 Å². The Morgan fingerprint density at radius 1 is 1.47 bits per heavy atom. The van der Waals surface area contributed by atoms with Gasteiger partial charge in [0.15, 0.2) is 0 Å². The van der Waals surface area contributed by atoms with Gasteiger partial charge in [-0.2, -0.15) is 0 Å². The Hall–Kier alpha value is -1.55. The molecule has 0 saturated carbocycles. The molecule has 104 valence electrons. The van der Waals surface area contributed by atoms with Crippen molar-refractivity contribution in [1.82, 2.24) is 4.90 Å². The molecular formula is C15H21NO3. The molecular weight excluding hydrogens is 242 g/mol. The van der Waals surface area contributed by atoms with Crippen LogP contribution in [0.25, 0.3) is 0 Å². The Balaban J connectivity index is 2.18. The number of aliphatic hydroxyl groups excluding tert-OH is 1. The number of hydrogen-bond acceptors (Lipinski definition) is 3. The lowest BCUT2D eigenvalue weighted by molar-refractivity contribution is 0.0227. The highest BCUT2D eigenvalue weighted by Gasteiger charge is 2.30. The number of aryl methyl sites for hydroxylation is 1. The standard InChI is InChI=1S/C15H21NO3/c1-3-11-9-16(8-7-13(11)17)15(19)12-6-4-5-10(2)14(12)18/h4-6,11,13,17-18H,3,7-9H2,1-2H3. The van der Waals surface area contributed by atoms with Crippen molar-refractivity contribution in [3.05, 3.63) is 29.3 Å². The SMILES string of the molecule is CCC1CN(C(=O)c2cccc(C)c2O)CCC1O. The van der Waals surface area contributed by atoms with Gasteiger partial charge in [-0.3, -0.25) is 4.79 Å². The van der Waals surface area contributed by atoms with Gasteiger partial charge in [0.05, 0.1) is 11.7 Å². The summed E-state index contributed by atoms with van der Waals surface area (Å²) in [4.78, 5) is 14.2. The van der Waals surface area contributed by atoms with Gasteiger partial charge in [-0.25, -0.2) is 0 Å². The molecule has 4 heteroatoms. The van der Waals surface area contributed by atoms with Crippen molar-refractivity contribution in [3.8, 4) is 5.75 Å². The Bertz CT molecular complexity index is 472. The second-order valence-corrected chi connectivity index (χ2v) is 5.25. The summed E-state index contributed by atoms with van der Waals surface area (Å²) in [5.41, 5.74) is 1.06. The fourth-order valence-electron chi connectivity index (χ4n) is 2.61. The van der Waals surface area contributed by atoms with Crippen LogP contribution in [0.4, 0.5) is 0 Å². The number of nitrogens with zero attached hydrogens (tertiary/aromatic N) is 1. The van der Waals surface area contributed by atoms with Crippen LogP contribution in [0.1, 0.15) is 35.7 Å². The maximum Gasteiger partial charge on any atom is 0.257 e. The maximum absolute atomic E-state index is 12.4. The number of likely N-dealkylation sites (tertiary alicyclic amines) is 1. The Kier molecular flexibility index (Phi) is 4.10. The third kappa shape index (κ3) is 2.73. The Morgan fingerprint density at radius 3 is 2.89 bits per heavy atom. The summed E-state index contributed by atoms with van der Waals surface area (Å²) in [6.45, 7) is 4.90. The van der Waals surface area contributed by atoms with Crippen LogP contribution in [-0.2, 0) is 0 Å². The van der Waals surface area contributed by atoms with Crippen molar-refractivity contribution in [2.24, 2.45) is 5.92 Å². The number of rotatable bonds is 2. The van der Waals surface area contributed by atoms with Crippen LogP contribution in [0.3, 0.4) is 0 Å². The number of aromatic hydroxyl groups is 1. The molecule has 0 aromatic heterocycles. The van der Waals surface area contributed by atoms with Crippen molar-refractivity contribution >= 4 is 5.91 Å². The molecule has 4 nitrogen and oxygen atoms in total. The van der Waals surface area contributed by atoms with E-state index in [1.54, 1.807) is 30.0 Å². The van der Waals surface area contributed by atoms with Crippen LogP contribution < -0.4 is 0 Å². The van der Waals surface area contributed by atoms with Gasteiger partial charge >= 0.3 is 0 Å². The number of hydrogen-bond donors (Lipinski definition) is 2. The zero-order valence-electron chi connectivity index (χ0n) is 11.5. The minimum atomic E-state index is -0.319. The monoisotopic (exact) mass is 263 g/mol. The molecule has 19 heavy (non-hydrogen) atoms. The van der Waals surface area contributed by atoms with E-state index in [0.29, 0.717) is 30.6 Å². The van der Waals surface area contributed by atoms with Gasteiger partial charge in [0.2, 0.25) is 0 Å². The van der Waals surface area contributed by atoms with Gasteiger partial charge in [0.25, 0.3) is 5.91 Å². The third-order valence-corrected chi connectivity index (χ3v) is 3.97. The lowest BCUT2D eigenvalue weighted by atomic mass is 9.92. The molecule has 2 atom stereocenters. The van der Waals surface area contributed by atoms with Crippen LogP contribution >= 0.6 is 0 Å². The largest absolute Gasteiger partial charge is 0.507 e. The zero-order chi connectivity index (χ0) is 14.0. The smallest absolute Gasteiger partial charge is 0.257 e. The Labute approximate surface area is 113 Å². The van der Waals surface area contributed by atoms with Gasteiger partial charge in [0, 0.05) is 19.0 Å². The predicted octanol–water partition coefficient (Wildman–Crippen LogP) is 1.93. The number of piperidine rings is 1. The van der Waals surface area contributed by atoms with Crippen molar-refractivity contribution < 1.29 is 15.0 Å². The predicted molar refractivity (Wildman–Crippen MR) is 73.2 cm³/mol. The quantitative estimate of drug-likeness (QED) is 0.857. The highest BCUT2D eigenvalue weighted by atomic mass is 16.3. The van der Waals surface area contributed by atoms with E-state index in [4.69, 9.17) is 0 Å². The minimum absolute atomic E-state index is 0.0617. The summed E-state index contributed by atoms with van der Waals surface area (Å²) in [5, 5.41) is 19.8.